The fraction of sp³-hybridized carbons (Fsp3) is 0.682. The maximum Gasteiger partial charge on any atom is 0.306 e. The molecule has 1 atom stereocenters. The molecule has 0 aromatic rings. The number of esters is 3. The van der Waals surface area contributed by atoms with E-state index in [0.29, 0.717) is 19.3 Å². The summed E-state index contributed by atoms with van der Waals surface area (Å²) >= 11 is 0. The second-order valence-electron chi connectivity index (χ2n) is 19.5. The standard InChI is InChI=1S/C66H110O6/c1-4-7-10-13-16-19-22-24-26-27-28-29-30-31-32-33-34-35-36-37-38-39-41-42-44-47-50-53-56-59-65(68)71-62-63(61-70-64(67)58-55-52-49-46-21-18-15-12-9-6-3)72-66(69)60-57-54-51-48-45-43-40-25-23-20-17-14-11-8-5-2/h7,10,16-17,19-20,24-26,28-29,31-32,34-35,37-38,40,63H,4-6,8-9,11-15,18,21-23,27,30,33,36,39,41-62H2,1-3H3/b10-7-,19-16-,20-17-,26-24-,29-28-,32-31-,35-34-,38-37-,40-25-. The van der Waals surface area contributed by atoms with Gasteiger partial charge in [-0.15, -0.1) is 0 Å². The fourth-order valence-electron chi connectivity index (χ4n) is 8.04. The van der Waals surface area contributed by atoms with Crippen molar-refractivity contribution in [3.8, 4) is 0 Å². The minimum Gasteiger partial charge on any atom is -0.462 e. The number of unbranched alkanes of at least 4 members (excludes halogenated alkanes) is 24. The van der Waals surface area contributed by atoms with Crippen LogP contribution in [0.4, 0.5) is 0 Å². The number of carbonyl (C=O) groups is 3. The van der Waals surface area contributed by atoms with Gasteiger partial charge < -0.3 is 14.2 Å². The first-order valence-corrected chi connectivity index (χ1v) is 29.9. The van der Waals surface area contributed by atoms with Crippen molar-refractivity contribution in [1.82, 2.24) is 0 Å². The molecule has 0 N–H and O–H groups in total. The van der Waals surface area contributed by atoms with Crippen LogP contribution in [0.5, 0.6) is 0 Å². The van der Waals surface area contributed by atoms with E-state index in [2.05, 4.69) is 130 Å². The van der Waals surface area contributed by atoms with Crippen LogP contribution in [0.2, 0.25) is 0 Å². The predicted molar refractivity (Wildman–Crippen MR) is 311 cm³/mol. The van der Waals surface area contributed by atoms with Crippen LogP contribution < -0.4 is 0 Å². The Bertz CT molecular complexity index is 1470. The average Bonchev–Trinajstić information content (AvgIpc) is 3.38. The molecule has 0 rings (SSSR count). The highest BCUT2D eigenvalue weighted by Gasteiger charge is 2.19. The molecule has 0 aliphatic carbocycles. The second kappa shape index (κ2) is 59.6. The number of hydrogen-bond acceptors (Lipinski definition) is 6. The van der Waals surface area contributed by atoms with E-state index in [1.54, 1.807) is 0 Å². The summed E-state index contributed by atoms with van der Waals surface area (Å²) in [7, 11) is 0. The van der Waals surface area contributed by atoms with E-state index in [-0.39, 0.29) is 31.1 Å². The number of allylic oxidation sites excluding steroid dienone is 18. The second-order valence-corrected chi connectivity index (χ2v) is 19.5. The molecule has 0 saturated carbocycles. The Morgan fingerprint density at radius 1 is 0.292 bits per heavy atom. The molecule has 6 heteroatoms. The maximum atomic E-state index is 12.8. The molecule has 0 aromatic carbocycles. The van der Waals surface area contributed by atoms with Crippen molar-refractivity contribution in [3.63, 3.8) is 0 Å². The van der Waals surface area contributed by atoms with Gasteiger partial charge in [-0.25, -0.2) is 0 Å². The van der Waals surface area contributed by atoms with E-state index in [1.165, 1.54) is 96.3 Å². The van der Waals surface area contributed by atoms with Crippen molar-refractivity contribution in [3.05, 3.63) is 109 Å². The molecule has 0 aliphatic heterocycles. The van der Waals surface area contributed by atoms with Crippen molar-refractivity contribution < 1.29 is 28.6 Å². The Labute approximate surface area is 444 Å². The van der Waals surface area contributed by atoms with Gasteiger partial charge in [-0.3, -0.25) is 14.4 Å². The molecule has 0 aliphatic rings. The summed E-state index contributed by atoms with van der Waals surface area (Å²) in [4.78, 5) is 38.1. The van der Waals surface area contributed by atoms with Crippen LogP contribution in [0.3, 0.4) is 0 Å². The monoisotopic (exact) mass is 999 g/mol. The first kappa shape index (κ1) is 68.1. The summed E-state index contributed by atoms with van der Waals surface area (Å²) in [5, 5.41) is 0. The first-order chi connectivity index (χ1) is 35.5. The Morgan fingerprint density at radius 2 is 0.542 bits per heavy atom. The zero-order valence-electron chi connectivity index (χ0n) is 46.9. The average molecular weight is 1000 g/mol. The molecule has 72 heavy (non-hydrogen) atoms. The van der Waals surface area contributed by atoms with Crippen LogP contribution in [-0.4, -0.2) is 37.2 Å². The fourth-order valence-corrected chi connectivity index (χ4v) is 8.04. The normalized spacial score (nSPS) is 12.9. The van der Waals surface area contributed by atoms with Gasteiger partial charge in [0.2, 0.25) is 0 Å². The van der Waals surface area contributed by atoms with E-state index in [4.69, 9.17) is 14.2 Å². The summed E-state index contributed by atoms with van der Waals surface area (Å²) in [5.74, 6) is -0.911. The van der Waals surface area contributed by atoms with Gasteiger partial charge in [-0.1, -0.05) is 252 Å². The summed E-state index contributed by atoms with van der Waals surface area (Å²) in [6.07, 6.45) is 80.9. The zero-order chi connectivity index (χ0) is 52.2. The molecular weight excluding hydrogens is 889 g/mol. The van der Waals surface area contributed by atoms with Crippen LogP contribution >= 0.6 is 0 Å². The molecule has 0 bridgehead atoms. The minimum absolute atomic E-state index is 0.0863. The maximum absolute atomic E-state index is 12.8. The molecule has 0 fully saturated rings. The molecule has 0 amide bonds. The van der Waals surface area contributed by atoms with E-state index >= 15 is 0 Å². The lowest BCUT2D eigenvalue weighted by atomic mass is 10.1. The van der Waals surface area contributed by atoms with Crippen LogP contribution in [0.15, 0.2) is 109 Å². The molecule has 0 spiro atoms. The molecule has 1 unspecified atom stereocenters. The lowest BCUT2D eigenvalue weighted by Gasteiger charge is -2.18. The van der Waals surface area contributed by atoms with Crippen molar-refractivity contribution in [2.24, 2.45) is 0 Å². The Hall–Kier alpha value is -3.93. The third-order valence-corrected chi connectivity index (χ3v) is 12.5. The van der Waals surface area contributed by atoms with Gasteiger partial charge in [-0.2, -0.15) is 0 Å². The summed E-state index contributed by atoms with van der Waals surface area (Å²) < 4.78 is 16.8. The van der Waals surface area contributed by atoms with Crippen LogP contribution in [0.25, 0.3) is 0 Å². The van der Waals surface area contributed by atoms with Crippen molar-refractivity contribution >= 4 is 17.9 Å². The molecule has 0 radical (unpaired) electrons. The lowest BCUT2D eigenvalue weighted by Crippen LogP contribution is -2.30. The zero-order valence-corrected chi connectivity index (χ0v) is 46.9. The molecule has 0 aromatic heterocycles. The molecule has 6 nitrogen and oxygen atoms in total. The number of hydrogen-bond donors (Lipinski definition) is 0. The number of carbonyl (C=O) groups excluding carboxylic acids is 3. The Morgan fingerprint density at radius 3 is 0.875 bits per heavy atom. The lowest BCUT2D eigenvalue weighted by molar-refractivity contribution is -0.167. The first-order valence-electron chi connectivity index (χ1n) is 29.9. The van der Waals surface area contributed by atoms with Gasteiger partial charge in [0.15, 0.2) is 6.10 Å². The SMILES string of the molecule is CC/C=C\C/C=C\C/C=C\C/C=C\C/C=C\C/C=C\C/C=C\CCCCCCCCCC(=O)OCC(COC(=O)CCCCCCCCCCCC)OC(=O)CCCCCCC/C=C\C/C=C\CCCCC. The van der Waals surface area contributed by atoms with Crippen molar-refractivity contribution in [2.45, 2.75) is 277 Å². The van der Waals surface area contributed by atoms with Crippen LogP contribution in [0, 0.1) is 0 Å². The number of rotatable bonds is 53. The quantitative estimate of drug-likeness (QED) is 0.0261. The predicted octanol–water partition coefficient (Wildman–Crippen LogP) is 20.3. The van der Waals surface area contributed by atoms with Gasteiger partial charge in [-0.05, 0) is 109 Å². The van der Waals surface area contributed by atoms with Crippen molar-refractivity contribution in [2.75, 3.05) is 13.2 Å². The van der Waals surface area contributed by atoms with E-state index < -0.39 is 6.10 Å². The highest BCUT2D eigenvalue weighted by atomic mass is 16.6. The highest BCUT2D eigenvalue weighted by molar-refractivity contribution is 5.71. The Balaban J connectivity index is 4.28. The van der Waals surface area contributed by atoms with Crippen molar-refractivity contribution in [1.29, 1.82) is 0 Å². The van der Waals surface area contributed by atoms with Gasteiger partial charge in [0, 0.05) is 19.3 Å². The molecular formula is C66H110O6. The van der Waals surface area contributed by atoms with Gasteiger partial charge in [0.25, 0.3) is 0 Å². The van der Waals surface area contributed by atoms with Crippen LogP contribution in [-0.2, 0) is 28.6 Å². The third kappa shape index (κ3) is 57.0. The molecule has 0 heterocycles. The van der Waals surface area contributed by atoms with E-state index in [1.807, 2.05) is 0 Å². The smallest absolute Gasteiger partial charge is 0.306 e. The minimum atomic E-state index is -0.789. The van der Waals surface area contributed by atoms with E-state index in [9.17, 15) is 14.4 Å². The summed E-state index contributed by atoms with van der Waals surface area (Å²) in [6, 6.07) is 0. The number of ether oxygens (including phenoxy) is 3. The largest absolute Gasteiger partial charge is 0.462 e. The third-order valence-electron chi connectivity index (χ3n) is 12.5. The topological polar surface area (TPSA) is 78.9 Å². The van der Waals surface area contributed by atoms with E-state index in [0.717, 1.165) is 135 Å². The molecule has 0 saturated heterocycles. The van der Waals surface area contributed by atoms with Gasteiger partial charge in [0.1, 0.15) is 13.2 Å². The highest BCUT2D eigenvalue weighted by Crippen LogP contribution is 2.15. The summed E-state index contributed by atoms with van der Waals surface area (Å²) in [5.41, 5.74) is 0. The Kier molecular flexibility index (Phi) is 56.4. The van der Waals surface area contributed by atoms with Crippen LogP contribution in [0.1, 0.15) is 271 Å². The van der Waals surface area contributed by atoms with Gasteiger partial charge >= 0.3 is 17.9 Å². The summed E-state index contributed by atoms with van der Waals surface area (Å²) in [6.45, 7) is 6.47. The molecule has 410 valence electrons. The van der Waals surface area contributed by atoms with Gasteiger partial charge in [0.05, 0.1) is 0 Å².